The summed E-state index contributed by atoms with van der Waals surface area (Å²) in [5, 5.41) is 10.9. The van der Waals surface area contributed by atoms with Crippen molar-refractivity contribution in [3.05, 3.63) is 62.7 Å². The van der Waals surface area contributed by atoms with Crippen LogP contribution in [-0.4, -0.2) is 26.4 Å². The zero-order valence-electron chi connectivity index (χ0n) is 16.9. The molecule has 0 aromatic heterocycles. The maximum Gasteiger partial charge on any atom is 0.517 e. The predicted molar refractivity (Wildman–Crippen MR) is 116 cm³/mol. The summed E-state index contributed by atoms with van der Waals surface area (Å²) >= 11 is 22.8. The largest absolute Gasteiger partial charge is 0.517 e. The highest BCUT2D eigenvalue weighted by Gasteiger charge is 2.45. The van der Waals surface area contributed by atoms with Gasteiger partial charge in [0.2, 0.25) is 3.79 Å². The van der Waals surface area contributed by atoms with Crippen LogP contribution in [0.5, 0.6) is 11.5 Å². The van der Waals surface area contributed by atoms with Crippen LogP contribution in [0.2, 0.25) is 5.02 Å². The Labute approximate surface area is 209 Å². The average molecular weight is 565 g/mol. The van der Waals surface area contributed by atoms with E-state index in [9.17, 15) is 32.9 Å². The maximum atomic E-state index is 12.8. The molecule has 0 saturated carbocycles. The SMILES string of the molecule is CC(C)(OC(=O)OC(=O)c1cc(Oc2ccc(C(F)(F)F)cc2Cl)ccc1[N+](=O)[O-])C(Cl)(Cl)Cl. The first kappa shape index (κ1) is 27.8. The third kappa shape index (κ3) is 6.78. The van der Waals surface area contributed by atoms with Crippen LogP contribution in [-0.2, 0) is 15.7 Å². The lowest BCUT2D eigenvalue weighted by Gasteiger charge is -2.30. The fraction of sp³-hybridized carbons (Fsp3) is 0.263. The van der Waals surface area contributed by atoms with Crippen molar-refractivity contribution >= 4 is 64.2 Å². The lowest BCUT2D eigenvalue weighted by molar-refractivity contribution is -0.385. The molecule has 0 saturated heterocycles. The Kier molecular flexibility index (Phi) is 8.19. The minimum atomic E-state index is -4.65. The standard InChI is InChI=1S/C19H12Cl4F3NO7/c1-17(2,19(21,22)23)34-16(29)33-15(28)11-8-10(4-5-13(11)27(30)31)32-14-6-3-9(7-12(14)20)18(24,25)26/h3-8H,1-2H3. The maximum absolute atomic E-state index is 12.8. The molecule has 0 aliphatic carbocycles. The second-order valence-electron chi connectivity index (χ2n) is 6.93. The fourth-order valence-corrected chi connectivity index (χ4v) is 2.54. The molecule has 0 aliphatic heterocycles. The number of hydrogen-bond acceptors (Lipinski definition) is 7. The molecular formula is C19H12Cl4F3NO7. The number of carbonyl (C=O) groups is 2. The molecule has 15 heteroatoms. The normalized spacial score (nSPS) is 12.1. The smallest absolute Gasteiger partial charge is 0.456 e. The number of carbonyl (C=O) groups excluding carboxylic acids is 2. The van der Waals surface area contributed by atoms with Crippen LogP contribution in [0.4, 0.5) is 23.7 Å². The van der Waals surface area contributed by atoms with Crippen LogP contribution >= 0.6 is 46.4 Å². The predicted octanol–water partition coefficient (Wildman–Crippen LogP) is 7.50. The molecule has 184 valence electrons. The van der Waals surface area contributed by atoms with Crippen LogP contribution in [0.3, 0.4) is 0 Å². The lowest BCUT2D eigenvalue weighted by atomic mass is 10.1. The third-order valence-corrected chi connectivity index (χ3v) is 5.73. The highest BCUT2D eigenvalue weighted by molar-refractivity contribution is 6.68. The molecule has 8 nitrogen and oxygen atoms in total. The Hall–Kier alpha value is -2.47. The molecule has 34 heavy (non-hydrogen) atoms. The van der Waals surface area contributed by atoms with Crippen LogP contribution in [0, 0.1) is 10.1 Å². The van der Waals surface area contributed by atoms with Gasteiger partial charge in [-0.15, -0.1) is 0 Å². The van der Waals surface area contributed by atoms with E-state index in [0.717, 1.165) is 24.3 Å². The molecule has 0 N–H and O–H groups in total. The number of rotatable bonds is 5. The van der Waals surface area contributed by atoms with Gasteiger partial charge >= 0.3 is 18.3 Å². The van der Waals surface area contributed by atoms with E-state index in [0.29, 0.717) is 12.1 Å². The van der Waals surface area contributed by atoms with Gasteiger partial charge in [-0.2, -0.15) is 13.2 Å². The van der Waals surface area contributed by atoms with Gasteiger partial charge in [-0.3, -0.25) is 10.1 Å². The quantitative estimate of drug-likeness (QED) is 0.122. The van der Waals surface area contributed by atoms with Crippen LogP contribution in [0.15, 0.2) is 36.4 Å². The Balaban J connectivity index is 2.31. The fourth-order valence-electron chi connectivity index (χ4n) is 2.21. The molecule has 0 aliphatic rings. The molecule has 0 atom stereocenters. The number of hydrogen-bond donors (Lipinski definition) is 0. The van der Waals surface area contributed by atoms with E-state index in [4.69, 9.17) is 55.9 Å². The zero-order chi connectivity index (χ0) is 26.1. The van der Waals surface area contributed by atoms with Crippen molar-refractivity contribution in [3.8, 4) is 11.5 Å². The minimum Gasteiger partial charge on any atom is -0.456 e. The molecule has 0 heterocycles. The second kappa shape index (κ2) is 10.0. The first-order valence-corrected chi connectivity index (χ1v) is 10.3. The average Bonchev–Trinajstić information content (AvgIpc) is 2.67. The van der Waals surface area contributed by atoms with E-state index in [1.807, 2.05) is 0 Å². The topological polar surface area (TPSA) is 105 Å². The van der Waals surface area contributed by atoms with Crippen LogP contribution in [0.1, 0.15) is 29.8 Å². The van der Waals surface area contributed by atoms with E-state index in [2.05, 4.69) is 4.74 Å². The molecule has 0 radical (unpaired) electrons. The Morgan fingerprint density at radius 1 is 1.03 bits per heavy atom. The highest BCUT2D eigenvalue weighted by Crippen LogP contribution is 2.41. The first-order chi connectivity index (χ1) is 15.4. The Morgan fingerprint density at radius 2 is 1.65 bits per heavy atom. The summed E-state index contributed by atoms with van der Waals surface area (Å²) < 4.78 is 50.8. The molecule has 0 fully saturated rings. The van der Waals surface area contributed by atoms with Gasteiger partial charge in [-0.05, 0) is 38.1 Å². The monoisotopic (exact) mass is 563 g/mol. The van der Waals surface area contributed by atoms with Crippen molar-refractivity contribution in [2.24, 2.45) is 0 Å². The molecule has 0 unspecified atom stereocenters. The van der Waals surface area contributed by atoms with Crippen molar-refractivity contribution in [2.75, 3.05) is 0 Å². The van der Waals surface area contributed by atoms with E-state index in [-0.39, 0.29) is 11.5 Å². The highest BCUT2D eigenvalue weighted by atomic mass is 35.6. The van der Waals surface area contributed by atoms with Crippen LogP contribution < -0.4 is 4.74 Å². The van der Waals surface area contributed by atoms with Crippen molar-refractivity contribution < 1.29 is 41.9 Å². The summed E-state index contributed by atoms with van der Waals surface area (Å²) in [7, 11) is 0. The number of ether oxygens (including phenoxy) is 3. The van der Waals surface area contributed by atoms with Crippen molar-refractivity contribution in [2.45, 2.75) is 29.4 Å². The van der Waals surface area contributed by atoms with Crippen molar-refractivity contribution in [1.82, 2.24) is 0 Å². The summed E-state index contributed by atoms with van der Waals surface area (Å²) in [5.41, 5.74) is -4.29. The Morgan fingerprint density at radius 3 is 2.15 bits per heavy atom. The number of nitrogens with zero attached hydrogens (tertiary/aromatic N) is 1. The number of nitro benzene ring substituents is 1. The molecule has 2 aromatic rings. The van der Waals surface area contributed by atoms with E-state index >= 15 is 0 Å². The van der Waals surface area contributed by atoms with Gasteiger partial charge in [0.25, 0.3) is 5.69 Å². The number of benzene rings is 2. The molecular weight excluding hydrogens is 553 g/mol. The van der Waals surface area contributed by atoms with E-state index in [1.54, 1.807) is 0 Å². The zero-order valence-corrected chi connectivity index (χ0v) is 19.9. The third-order valence-electron chi connectivity index (χ3n) is 4.07. The number of halogens is 7. The summed E-state index contributed by atoms with van der Waals surface area (Å²) in [6, 6.07) is 4.94. The summed E-state index contributed by atoms with van der Waals surface area (Å²) in [6.45, 7) is 2.41. The summed E-state index contributed by atoms with van der Waals surface area (Å²) in [5.74, 6) is -2.00. The van der Waals surface area contributed by atoms with Crippen molar-refractivity contribution in [1.29, 1.82) is 0 Å². The van der Waals surface area contributed by atoms with Gasteiger partial charge in [0.1, 0.15) is 17.1 Å². The molecule has 2 rings (SSSR count). The van der Waals surface area contributed by atoms with Gasteiger partial charge in [-0.1, -0.05) is 46.4 Å². The summed E-state index contributed by atoms with van der Waals surface area (Å²) in [4.78, 5) is 34.7. The summed E-state index contributed by atoms with van der Waals surface area (Å²) in [6.07, 6.45) is -6.26. The van der Waals surface area contributed by atoms with Gasteiger partial charge in [0.05, 0.1) is 15.5 Å². The molecule has 0 bridgehead atoms. The minimum absolute atomic E-state index is 0.241. The second-order valence-corrected chi connectivity index (χ2v) is 9.62. The van der Waals surface area contributed by atoms with Gasteiger partial charge < -0.3 is 14.2 Å². The van der Waals surface area contributed by atoms with E-state index in [1.165, 1.54) is 13.8 Å². The van der Waals surface area contributed by atoms with Gasteiger partial charge in [0.15, 0.2) is 5.60 Å². The number of nitro groups is 1. The van der Waals surface area contributed by atoms with Crippen molar-refractivity contribution in [3.63, 3.8) is 0 Å². The number of alkyl halides is 6. The lowest BCUT2D eigenvalue weighted by Crippen LogP contribution is -2.41. The van der Waals surface area contributed by atoms with Gasteiger partial charge in [-0.25, -0.2) is 9.59 Å². The first-order valence-electron chi connectivity index (χ1n) is 8.77. The van der Waals surface area contributed by atoms with Gasteiger partial charge in [0, 0.05) is 12.1 Å². The molecule has 0 spiro atoms. The number of esters is 1. The Bertz CT molecular complexity index is 1130. The van der Waals surface area contributed by atoms with E-state index < -0.39 is 54.5 Å². The molecule has 0 amide bonds. The van der Waals surface area contributed by atoms with Crippen LogP contribution in [0.25, 0.3) is 0 Å². The molecule has 2 aromatic carbocycles.